The minimum absolute atomic E-state index is 0.177. The van der Waals surface area contributed by atoms with Crippen molar-refractivity contribution < 1.29 is 4.79 Å². The van der Waals surface area contributed by atoms with Gasteiger partial charge >= 0.3 is 0 Å². The maximum atomic E-state index is 12.0. The van der Waals surface area contributed by atoms with Crippen LogP contribution in [0.3, 0.4) is 0 Å². The molecule has 0 fully saturated rings. The maximum absolute atomic E-state index is 12.0. The molecule has 2 aromatic heterocycles. The average molecular weight is 295 g/mol. The first kappa shape index (κ1) is 14.3. The number of H-pyrrole nitrogens is 1. The third-order valence-corrected chi connectivity index (χ3v) is 2.85. The van der Waals surface area contributed by atoms with Gasteiger partial charge in [0, 0.05) is 25.6 Å². The molecule has 2 heterocycles. The van der Waals surface area contributed by atoms with Crippen LogP contribution in [0.1, 0.15) is 22.6 Å². The maximum Gasteiger partial charge on any atom is 0.251 e. The Hall–Kier alpha value is -2.15. The Morgan fingerprint density at radius 2 is 2.30 bits per heavy atom. The molecule has 0 bridgehead atoms. The van der Waals surface area contributed by atoms with Crippen LogP contribution in [0.2, 0.25) is 5.15 Å². The highest BCUT2D eigenvalue weighted by molar-refractivity contribution is 6.29. The van der Waals surface area contributed by atoms with E-state index in [1.807, 2.05) is 0 Å². The number of carbonyl (C=O) groups is 1. The Kier molecular flexibility index (Phi) is 4.89. The standard InChI is InChI=1S/C12H15ClN6O/c1-14-11-6-8(5-9(13)18-11)12(20)15-4-2-3-10-16-7-17-19-10/h5-7H,2-4H2,1H3,(H,14,18)(H,15,20)(H,16,17,19). The van der Waals surface area contributed by atoms with Gasteiger partial charge in [0.05, 0.1) is 0 Å². The van der Waals surface area contributed by atoms with Crippen molar-refractivity contribution in [2.45, 2.75) is 12.8 Å². The minimum atomic E-state index is -0.177. The molecule has 0 saturated carbocycles. The summed E-state index contributed by atoms with van der Waals surface area (Å²) in [5.41, 5.74) is 0.481. The zero-order valence-corrected chi connectivity index (χ0v) is 11.7. The fourth-order valence-corrected chi connectivity index (χ4v) is 1.88. The zero-order chi connectivity index (χ0) is 14.4. The number of aryl methyl sites for hydroxylation is 1. The first-order valence-corrected chi connectivity index (χ1v) is 6.54. The van der Waals surface area contributed by atoms with Crippen LogP contribution in [0.15, 0.2) is 18.5 Å². The second-order valence-electron chi connectivity index (χ2n) is 4.11. The lowest BCUT2D eigenvalue weighted by Crippen LogP contribution is -2.25. The third kappa shape index (κ3) is 3.92. The van der Waals surface area contributed by atoms with Crippen LogP contribution in [-0.4, -0.2) is 39.7 Å². The lowest BCUT2D eigenvalue weighted by Gasteiger charge is -2.07. The zero-order valence-electron chi connectivity index (χ0n) is 11.0. The first-order chi connectivity index (χ1) is 9.69. The van der Waals surface area contributed by atoms with Crippen molar-refractivity contribution in [2.75, 3.05) is 18.9 Å². The normalized spacial score (nSPS) is 10.3. The fraction of sp³-hybridized carbons (Fsp3) is 0.333. The van der Waals surface area contributed by atoms with Crippen molar-refractivity contribution in [3.63, 3.8) is 0 Å². The molecule has 0 radical (unpaired) electrons. The van der Waals surface area contributed by atoms with Crippen molar-refractivity contribution >= 4 is 23.3 Å². The van der Waals surface area contributed by atoms with Gasteiger partial charge in [0.1, 0.15) is 23.1 Å². The van der Waals surface area contributed by atoms with Crippen LogP contribution in [0.25, 0.3) is 0 Å². The summed E-state index contributed by atoms with van der Waals surface area (Å²) >= 11 is 5.85. The highest BCUT2D eigenvalue weighted by atomic mass is 35.5. The number of aromatic amines is 1. The van der Waals surface area contributed by atoms with E-state index in [1.54, 1.807) is 13.1 Å². The summed E-state index contributed by atoms with van der Waals surface area (Å²) in [4.78, 5) is 20.0. The molecule has 0 aliphatic rings. The summed E-state index contributed by atoms with van der Waals surface area (Å²) in [5.74, 6) is 1.19. The molecule has 20 heavy (non-hydrogen) atoms. The van der Waals surface area contributed by atoms with E-state index in [9.17, 15) is 4.79 Å². The van der Waals surface area contributed by atoms with Crippen molar-refractivity contribution in [1.29, 1.82) is 0 Å². The number of hydrogen-bond donors (Lipinski definition) is 3. The lowest BCUT2D eigenvalue weighted by molar-refractivity contribution is 0.0953. The number of anilines is 1. The molecule has 1 amide bonds. The quantitative estimate of drug-likeness (QED) is 0.550. The van der Waals surface area contributed by atoms with E-state index in [1.165, 1.54) is 12.4 Å². The van der Waals surface area contributed by atoms with Gasteiger partial charge in [0.2, 0.25) is 0 Å². The molecule has 2 rings (SSSR count). The first-order valence-electron chi connectivity index (χ1n) is 6.17. The van der Waals surface area contributed by atoms with E-state index in [2.05, 4.69) is 30.8 Å². The summed E-state index contributed by atoms with van der Waals surface area (Å²) in [6, 6.07) is 3.19. The second kappa shape index (κ2) is 6.85. The Bertz CT molecular complexity index is 571. The molecule has 3 N–H and O–H groups in total. The average Bonchev–Trinajstić information content (AvgIpc) is 2.95. The number of halogens is 1. The molecule has 0 aliphatic heterocycles. The lowest BCUT2D eigenvalue weighted by atomic mass is 10.2. The molecule has 2 aromatic rings. The van der Waals surface area contributed by atoms with E-state index in [0.717, 1.165) is 18.7 Å². The summed E-state index contributed by atoms with van der Waals surface area (Å²) in [7, 11) is 1.72. The second-order valence-corrected chi connectivity index (χ2v) is 4.49. The number of nitrogens with zero attached hydrogens (tertiary/aromatic N) is 3. The van der Waals surface area contributed by atoms with Crippen molar-refractivity contribution in [2.24, 2.45) is 0 Å². The molecule has 8 heteroatoms. The Morgan fingerprint density at radius 1 is 1.45 bits per heavy atom. The smallest absolute Gasteiger partial charge is 0.251 e. The van der Waals surface area contributed by atoms with Crippen LogP contribution in [0.4, 0.5) is 5.82 Å². The monoisotopic (exact) mass is 294 g/mol. The Labute approximate surface area is 121 Å². The van der Waals surface area contributed by atoms with Crippen molar-refractivity contribution in [3.8, 4) is 0 Å². The largest absolute Gasteiger partial charge is 0.373 e. The topological polar surface area (TPSA) is 95.6 Å². The predicted octanol–water partition coefficient (Wildman–Crippen LogP) is 1.26. The van der Waals surface area contributed by atoms with E-state index in [-0.39, 0.29) is 11.1 Å². The summed E-state index contributed by atoms with van der Waals surface area (Å²) in [6.45, 7) is 0.550. The third-order valence-electron chi connectivity index (χ3n) is 2.65. The van der Waals surface area contributed by atoms with Gasteiger partial charge in [-0.3, -0.25) is 9.89 Å². The highest BCUT2D eigenvalue weighted by Crippen LogP contribution is 2.13. The summed E-state index contributed by atoms with van der Waals surface area (Å²) in [5, 5.41) is 12.5. The van der Waals surface area contributed by atoms with Crippen molar-refractivity contribution in [3.05, 3.63) is 35.0 Å². The van der Waals surface area contributed by atoms with E-state index >= 15 is 0 Å². The molecular formula is C12H15ClN6O. The molecule has 106 valence electrons. The summed E-state index contributed by atoms with van der Waals surface area (Å²) in [6.07, 6.45) is 2.98. The number of carbonyl (C=O) groups excluding carboxylic acids is 1. The van der Waals surface area contributed by atoms with Crippen LogP contribution in [0, 0.1) is 0 Å². The molecule has 0 aliphatic carbocycles. The van der Waals surface area contributed by atoms with Gasteiger partial charge in [0.25, 0.3) is 5.91 Å². The number of hydrogen-bond acceptors (Lipinski definition) is 5. The van der Waals surface area contributed by atoms with Gasteiger partial charge in [-0.25, -0.2) is 9.97 Å². The van der Waals surface area contributed by atoms with Crippen molar-refractivity contribution in [1.82, 2.24) is 25.5 Å². The molecule has 0 atom stereocenters. The van der Waals surface area contributed by atoms with Gasteiger partial charge in [0.15, 0.2) is 0 Å². The van der Waals surface area contributed by atoms with Gasteiger partial charge in [-0.15, -0.1) is 0 Å². The Balaban J connectivity index is 1.83. The molecule has 0 aromatic carbocycles. The molecule has 0 saturated heterocycles. The van der Waals surface area contributed by atoms with E-state index in [0.29, 0.717) is 17.9 Å². The van der Waals surface area contributed by atoms with Gasteiger partial charge in [-0.2, -0.15) is 5.10 Å². The van der Waals surface area contributed by atoms with Crippen LogP contribution in [-0.2, 0) is 6.42 Å². The van der Waals surface area contributed by atoms with Gasteiger partial charge in [-0.05, 0) is 18.6 Å². The van der Waals surface area contributed by atoms with Gasteiger partial charge in [-0.1, -0.05) is 11.6 Å². The number of amides is 1. The molecule has 0 unspecified atom stereocenters. The number of nitrogens with one attached hydrogen (secondary N) is 3. The fourth-order valence-electron chi connectivity index (χ4n) is 1.67. The molecular weight excluding hydrogens is 280 g/mol. The predicted molar refractivity (Wildman–Crippen MR) is 75.8 cm³/mol. The van der Waals surface area contributed by atoms with E-state index in [4.69, 9.17) is 11.6 Å². The number of pyridine rings is 1. The van der Waals surface area contributed by atoms with Crippen LogP contribution in [0.5, 0.6) is 0 Å². The van der Waals surface area contributed by atoms with Crippen LogP contribution >= 0.6 is 11.6 Å². The number of rotatable bonds is 6. The van der Waals surface area contributed by atoms with E-state index < -0.39 is 0 Å². The Morgan fingerprint density at radius 3 is 3.00 bits per heavy atom. The minimum Gasteiger partial charge on any atom is -0.373 e. The molecule has 0 spiro atoms. The summed E-state index contributed by atoms with van der Waals surface area (Å²) < 4.78 is 0. The SMILES string of the molecule is CNc1cc(C(=O)NCCCc2ncn[nH]2)cc(Cl)n1. The van der Waals surface area contributed by atoms with Gasteiger partial charge < -0.3 is 10.6 Å². The molecule has 7 nitrogen and oxygen atoms in total. The number of aromatic nitrogens is 4. The van der Waals surface area contributed by atoms with Crippen LogP contribution < -0.4 is 10.6 Å². The highest BCUT2D eigenvalue weighted by Gasteiger charge is 2.08.